The van der Waals surface area contributed by atoms with Crippen molar-refractivity contribution in [3.8, 4) is 0 Å². The average Bonchev–Trinajstić information content (AvgIpc) is 3.12. The smallest absolute Gasteiger partial charge is 0.462 e. The molecule has 23 heteroatoms. The molecule has 0 aromatic heterocycles. The van der Waals surface area contributed by atoms with E-state index in [-0.39, 0.29) is 12.8 Å². The predicted octanol–water partition coefficient (Wildman–Crippen LogP) is 5.14. The molecule has 4 unspecified atom stereocenters. The van der Waals surface area contributed by atoms with Crippen molar-refractivity contribution in [2.24, 2.45) is 0 Å². The van der Waals surface area contributed by atoms with E-state index in [4.69, 9.17) is 18.5 Å². The number of thiol groups is 1. The molecule has 1 saturated carbocycles. The Morgan fingerprint density at radius 3 is 1.40 bits per heavy atom. The van der Waals surface area contributed by atoms with Crippen molar-refractivity contribution >= 4 is 48.0 Å². The fourth-order valence-corrected chi connectivity index (χ4v) is 8.53. The summed E-state index contributed by atoms with van der Waals surface area (Å²) in [4.78, 5) is 72.6. The highest BCUT2D eigenvalue weighted by atomic mass is 32.1. The SMILES string of the molecule is CCCCCCCCCCCCCCCC(=O)O[C@H](COC(=O)CCCCCCCCS)COP(=O)(O)OC1C(O)[C@@H](O)C(OP(=O)(O)O)[C@@H](OP(=O)(O)O)[C@H]1O. The molecule has 8 N–H and O–H groups in total. The Morgan fingerprint density at radius 1 is 0.544 bits per heavy atom. The number of esters is 2. The quantitative estimate of drug-likeness (QED) is 0.0175. The van der Waals surface area contributed by atoms with Gasteiger partial charge < -0.3 is 49.3 Å². The number of aliphatic hydroxyl groups excluding tert-OH is 3. The standard InChI is InChI=1S/C34H67O19P3S/c1-2-3-4-5-6-7-8-9-10-11-12-16-19-22-28(36)50-26(24-48-27(35)21-18-15-13-14-17-20-23-57)25-49-56(46,47)53-32-29(37)30(38)33(51-54(40,41)42)34(31(32)39)52-55(43,44)45/h26,29-34,37-39,57H,2-25H2,1H3,(H,46,47)(H2,40,41,42)(H2,43,44,45)/t26-,29?,30-,31+,32?,33?,34+/m1/s1. The van der Waals surface area contributed by atoms with Gasteiger partial charge in [0.2, 0.25) is 0 Å². The molecule has 1 rings (SSSR count). The van der Waals surface area contributed by atoms with Crippen LogP contribution in [0, 0.1) is 0 Å². The molecule has 19 nitrogen and oxygen atoms in total. The number of hydrogen-bond acceptors (Lipinski definition) is 15. The van der Waals surface area contributed by atoms with E-state index in [1.54, 1.807) is 0 Å². The number of carbonyl (C=O) groups is 2. The maximum absolute atomic E-state index is 13.0. The number of phosphoric acid groups is 3. The number of ether oxygens (including phenoxy) is 2. The van der Waals surface area contributed by atoms with E-state index in [2.05, 4.69) is 28.6 Å². The first-order valence-corrected chi connectivity index (χ1v) is 25.1. The zero-order valence-corrected chi connectivity index (χ0v) is 36.4. The summed E-state index contributed by atoms with van der Waals surface area (Å²) in [6, 6.07) is 0. The van der Waals surface area contributed by atoms with Gasteiger partial charge in [0.1, 0.15) is 43.2 Å². The fourth-order valence-electron chi connectivity index (χ4n) is 6.21. The number of rotatable bonds is 34. The highest BCUT2D eigenvalue weighted by Gasteiger charge is 2.56. The van der Waals surface area contributed by atoms with Gasteiger partial charge in [-0.2, -0.15) is 12.6 Å². The predicted molar refractivity (Wildman–Crippen MR) is 210 cm³/mol. The van der Waals surface area contributed by atoms with Gasteiger partial charge in [-0.1, -0.05) is 110 Å². The Labute approximate surface area is 341 Å². The normalized spacial score (nSPS) is 23.2. The Kier molecular flexibility index (Phi) is 28.4. The van der Waals surface area contributed by atoms with E-state index < -0.39 is 91.3 Å². The monoisotopic (exact) mass is 904 g/mol. The van der Waals surface area contributed by atoms with Crippen molar-refractivity contribution in [2.75, 3.05) is 19.0 Å². The fraction of sp³-hybridized carbons (Fsp3) is 0.941. The summed E-state index contributed by atoms with van der Waals surface area (Å²) in [5, 5.41) is 31.7. The topological polar surface area (TPSA) is 303 Å². The van der Waals surface area contributed by atoms with Crippen LogP contribution in [0.4, 0.5) is 0 Å². The zero-order valence-electron chi connectivity index (χ0n) is 32.9. The van der Waals surface area contributed by atoms with Gasteiger partial charge in [-0.05, 0) is 25.0 Å². The van der Waals surface area contributed by atoms with E-state index in [9.17, 15) is 63.1 Å². The van der Waals surface area contributed by atoms with Crippen molar-refractivity contribution in [3.05, 3.63) is 0 Å². The third-order valence-corrected chi connectivity index (χ3v) is 11.6. The van der Waals surface area contributed by atoms with Gasteiger partial charge in [-0.3, -0.25) is 27.7 Å². The molecule has 0 saturated heterocycles. The highest BCUT2D eigenvalue weighted by Crippen LogP contribution is 2.51. The van der Waals surface area contributed by atoms with Crippen LogP contribution in [-0.4, -0.2) is 113 Å². The minimum absolute atomic E-state index is 0.000133. The van der Waals surface area contributed by atoms with Crippen molar-refractivity contribution < 1.29 is 90.6 Å². The molecular formula is C34H67O19P3S. The van der Waals surface area contributed by atoms with Gasteiger partial charge in [0.05, 0.1) is 6.61 Å². The van der Waals surface area contributed by atoms with Crippen LogP contribution in [0.3, 0.4) is 0 Å². The van der Waals surface area contributed by atoms with Gasteiger partial charge in [0.15, 0.2) is 6.10 Å². The molecule has 0 heterocycles. The average molecular weight is 905 g/mol. The van der Waals surface area contributed by atoms with Crippen LogP contribution in [0.1, 0.15) is 142 Å². The molecular weight excluding hydrogens is 837 g/mol. The van der Waals surface area contributed by atoms with Gasteiger partial charge >= 0.3 is 35.4 Å². The summed E-state index contributed by atoms with van der Waals surface area (Å²) in [7, 11) is -16.6. The molecule has 1 fully saturated rings. The lowest BCUT2D eigenvalue weighted by Crippen LogP contribution is -2.65. The minimum atomic E-state index is -5.59. The van der Waals surface area contributed by atoms with Crippen LogP contribution >= 0.6 is 36.1 Å². The molecule has 0 aromatic rings. The number of aliphatic hydroxyl groups is 3. The first-order valence-electron chi connectivity index (χ1n) is 19.9. The summed E-state index contributed by atoms with van der Waals surface area (Å²) in [5.41, 5.74) is 0. The third-order valence-electron chi connectivity index (χ3n) is 9.22. The lowest BCUT2D eigenvalue weighted by atomic mass is 9.85. The second kappa shape index (κ2) is 29.7. The van der Waals surface area contributed by atoms with Crippen molar-refractivity contribution in [1.29, 1.82) is 0 Å². The van der Waals surface area contributed by atoms with Crippen molar-refractivity contribution in [2.45, 2.75) is 184 Å². The van der Waals surface area contributed by atoms with E-state index in [0.717, 1.165) is 70.0 Å². The summed E-state index contributed by atoms with van der Waals surface area (Å²) in [6.07, 6.45) is 3.30. The van der Waals surface area contributed by atoms with Gasteiger partial charge in [0, 0.05) is 12.8 Å². The third kappa shape index (κ3) is 26.4. The van der Waals surface area contributed by atoms with Crippen LogP contribution in [0.25, 0.3) is 0 Å². The number of hydrogen-bond donors (Lipinski definition) is 9. The lowest BCUT2D eigenvalue weighted by Gasteiger charge is -2.44. The number of phosphoric ester groups is 3. The Bertz CT molecular complexity index is 1250. The number of unbranched alkanes of at least 4 members (excludes halogenated alkanes) is 17. The molecule has 338 valence electrons. The molecule has 1 aliphatic carbocycles. The molecule has 1 aliphatic rings. The van der Waals surface area contributed by atoms with Crippen LogP contribution in [0.2, 0.25) is 0 Å². The Balaban J connectivity index is 2.81. The summed E-state index contributed by atoms with van der Waals surface area (Å²) >= 11 is 4.18. The van der Waals surface area contributed by atoms with Crippen molar-refractivity contribution in [3.63, 3.8) is 0 Å². The molecule has 0 aromatic carbocycles. The Hall–Kier alpha value is -0.500. The minimum Gasteiger partial charge on any atom is -0.462 e. The molecule has 8 atom stereocenters. The number of carbonyl (C=O) groups excluding carboxylic acids is 2. The zero-order chi connectivity index (χ0) is 42.9. The molecule has 0 radical (unpaired) electrons. The maximum atomic E-state index is 13.0. The van der Waals surface area contributed by atoms with Crippen LogP contribution in [0.5, 0.6) is 0 Å². The van der Waals surface area contributed by atoms with E-state index >= 15 is 0 Å². The van der Waals surface area contributed by atoms with Gasteiger partial charge in [-0.15, -0.1) is 0 Å². The van der Waals surface area contributed by atoms with E-state index in [0.29, 0.717) is 12.8 Å². The van der Waals surface area contributed by atoms with Gasteiger partial charge in [0.25, 0.3) is 0 Å². The molecule has 0 aliphatic heterocycles. The van der Waals surface area contributed by atoms with Crippen molar-refractivity contribution in [1.82, 2.24) is 0 Å². The highest BCUT2D eigenvalue weighted by molar-refractivity contribution is 7.80. The first-order chi connectivity index (χ1) is 26.8. The molecule has 0 amide bonds. The van der Waals surface area contributed by atoms with E-state index in [1.165, 1.54) is 44.9 Å². The largest absolute Gasteiger partial charge is 0.472 e. The van der Waals surface area contributed by atoms with E-state index in [1.807, 2.05) is 0 Å². The summed E-state index contributed by atoms with van der Waals surface area (Å²) in [5.74, 6) is -0.511. The summed E-state index contributed by atoms with van der Waals surface area (Å²) in [6.45, 7) is 0.714. The second-order valence-corrected chi connectivity index (χ2v) is 18.5. The van der Waals surface area contributed by atoms with Crippen LogP contribution < -0.4 is 0 Å². The molecule has 0 spiro atoms. The first kappa shape index (κ1) is 54.5. The van der Waals surface area contributed by atoms with Crippen LogP contribution in [0.15, 0.2) is 0 Å². The second-order valence-electron chi connectivity index (χ2n) is 14.3. The van der Waals surface area contributed by atoms with Crippen LogP contribution in [-0.2, 0) is 50.9 Å². The lowest BCUT2D eigenvalue weighted by molar-refractivity contribution is -0.213. The maximum Gasteiger partial charge on any atom is 0.472 e. The molecule has 57 heavy (non-hydrogen) atoms. The summed E-state index contributed by atoms with van der Waals surface area (Å²) < 4.78 is 65.0. The van der Waals surface area contributed by atoms with Gasteiger partial charge in [-0.25, -0.2) is 13.7 Å². The molecule has 0 bridgehead atoms. The Morgan fingerprint density at radius 2 is 0.947 bits per heavy atom.